The monoisotopic (exact) mass is 495 g/mol. The van der Waals surface area contributed by atoms with Gasteiger partial charge in [0.1, 0.15) is 0 Å². The van der Waals surface area contributed by atoms with Gasteiger partial charge in [0.25, 0.3) is 6.71 Å². The van der Waals surface area contributed by atoms with E-state index in [9.17, 15) is 0 Å². The fourth-order valence-corrected chi connectivity index (χ4v) is 8.02. The summed E-state index contributed by atoms with van der Waals surface area (Å²) in [4.78, 5) is 12.6. The number of thiophene rings is 2. The van der Waals surface area contributed by atoms with Crippen molar-refractivity contribution in [1.82, 2.24) is 9.97 Å². The van der Waals surface area contributed by atoms with Gasteiger partial charge in [-0.3, -0.25) is 9.88 Å². The largest absolute Gasteiger partial charge is 0.297 e. The number of anilines is 3. The number of para-hydroxylation sites is 2. The van der Waals surface area contributed by atoms with Crippen molar-refractivity contribution in [2.45, 2.75) is 0 Å². The van der Waals surface area contributed by atoms with Crippen LogP contribution in [0.2, 0.25) is 0 Å². The molecule has 0 unspecified atom stereocenters. The Balaban J connectivity index is 1.52. The summed E-state index contributed by atoms with van der Waals surface area (Å²) in [5.41, 5.74) is 5.61. The Kier molecular flexibility index (Phi) is 4.35. The van der Waals surface area contributed by atoms with Crippen molar-refractivity contribution in [3.05, 3.63) is 109 Å². The van der Waals surface area contributed by atoms with Crippen molar-refractivity contribution < 1.29 is 0 Å². The van der Waals surface area contributed by atoms with Crippen LogP contribution in [0.1, 0.15) is 0 Å². The van der Waals surface area contributed by atoms with Crippen LogP contribution in [0.4, 0.5) is 15.7 Å². The van der Waals surface area contributed by atoms with Gasteiger partial charge < -0.3 is 0 Å². The standard InChI is InChI=1S/C30H18BN3S2/c1-2-11-20(12-3-1)34-28-26(21-13-5-8-16-24(21)35-28)31(27-22-14-6-9-17-25(22)36-29(27)34)30-32-18-19-10-4-7-15-23(19)33-30/h1-18H. The van der Waals surface area contributed by atoms with Crippen molar-refractivity contribution in [1.29, 1.82) is 0 Å². The summed E-state index contributed by atoms with van der Waals surface area (Å²) in [5.74, 6) is 0. The molecule has 0 saturated carbocycles. The second-order valence-electron chi connectivity index (χ2n) is 9.03. The Morgan fingerprint density at radius 2 is 1.19 bits per heavy atom. The van der Waals surface area contributed by atoms with Crippen LogP contribution in [0, 0.1) is 0 Å². The Labute approximate surface area is 216 Å². The number of hydrogen-bond donors (Lipinski definition) is 0. The van der Waals surface area contributed by atoms with Crippen molar-refractivity contribution in [3.63, 3.8) is 0 Å². The smallest absolute Gasteiger partial charge is 0.294 e. The van der Waals surface area contributed by atoms with Crippen LogP contribution < -0.4 is 21.5 Å². The molecule has 3 nitrogen and oxygen atoms in total. The van der Waals surface area contributed by atoms with E-state index in [2.05, 4.69) is 95.9 Å². The van der Waals surface area contributed by atoms with E-state index in [1.54, 1.807) is 0 Å². The second-order valence-corrected chi connectivity index (χ2v) is 11.1. The van der Waals surface area contributed by atoms with Crippen LogP contribution in [-0.4, -0.2) is 16.7 Å². The normalized spacial score (nSPS) is 12.9. The van der Waals surface area contributed by atoms with Crippen LogP contribution in [0.5, 0.6) is 0 Å². The van der Waals surface area contributed by atoms with E-state index in [-0.39, 0.29) is 6.71 Å². The fourth-order valence-electron chi connectivity index (χ4n) is 5.43. The van der Waals surface area contributed by atoms with Gasteiger partial charge in [0.2, 0.25) is 0 Å². The summed E-state index contributed by atoms with van der Waals surface area (Å²) in [7, 11) is 0. The lowest BCUT2D eigenvalue weighted by atomic mass is 9.38. The summed E-state index contributed by atoms with van der Waals surface area (Å²) in [5, 5.41) is 6.13. The molecule has 0 bridgehead atoms. The first kappa shape index (κ1) is 20.2. The van der Waals surface area contributed by atoms with Gasteiger partial charge in [0.15, 0.2) is 0 Å². The lowest BCUT2D eigenvalue weighted by molar-refractivity contribution is 1.28. The first-order valence-electron chi connectivity index (χ1n) is 12.0. The minimum absolute atomic E-state index is 0.0492. The average molecular weight is 495 g/mol. The maximum absolute atomic E-state index is 5.15. The zero-order chi connectivity index (χ0) is 23.6. The van der Waals surface area contributed by atoms with Gasteiger partial charge in [-0.2, -0.15) is 0 Å². The van der Waals surface area contributed by atoms with Gasteiger partial charge in [-0.15, -0.1) is 22.7 Å². The van der Waals surface area contributed by atoms with Crippen molar-refractivity contribution in [3.8, 4) is 0 Å². The summed E-state index contributed by atoms with van der Waals surface area (Å²) in [6.45, 7) is -0.0492. The molecule has 0 saturated heterocycles. The van der Waals surface area contributed by atoms with Gasteiger partial charge in [0, 0.05) is 26.7 Å². The van der Waals surface area contributed by atoms with Gasteiger partial charge >= 0.3 is 0 Å². The van der Waals surface area contributed by atoms with E-state index in [1.165, 1.54) is 46.8 Å². The fraction of sp³-hybridized carbons (Fsp3) is 0. The first-order valence-corrected chi connectivity index (χ1v) is 13.6. The van der Waals surface area contributed by atoms with Gasteiger partial charge in [-0.05, 0) is 52.0 Å². The quantitative estimate of drug-likeness (QED) is 0.262. The highest BCUT2D eigenvalue weighted by atomic mass is 32.1. The van der Waals surface area contributed by atoms with E-state index in [4.69, 9.17) is 9.97 Å². The van der Waals surface area contributed by atoms with Crippen LogP contribution in [0.25, 0.3) is 31.1 Å². The zero-order valence-electron chi connectivity index (χ0n) is 19.1. The Hall–Kier alpha value is -4.00. The zero-order valence-corrected chi connectivity index (χ0v) is 20.8. The highest BCUT2D eigenvalue weighted by Crippen LogP contribution is 2.46. The van der Waals surface area contributed by atoms with Crippen molar-refractivity contribution >= 4 is 92.8 Å². The molecule has 4 aromatic carbocycles. The maximum Gasteiger partial charge on any atom is 0.297 e. The van der Waals surface area contributed by atoms with Crippen LogP contribution in [0.3, 0.4) is 0 Å². The number of nitrogens with zero attached hydrogens (tertiary/aromatic N) is 3. The molecule has 0 fully saturated rings. The number of benzene rings is 4. The molecule has 7 aromatic rings. The Morgan fingerprint density at radius 1 is 0.611 bits per heavy atom. The molecule has 0 spiro atoms. The van der Waals surface area contributed by atoms with Gasteiger partial charge in [-0.25, -0.2) is 4.98 Å². The third-order valence-electron chi connectivity index (χ3n) is 6.99. The third kappa shape index (κ3) is 2.86. The van der Waals surface area contributed by atoms with Crippen molar-refractivity contribution in [2.24, 2.45) is 0 Å². The molecule has 6 heteroatoms. The molecule has 0 amide bonds. The number of fused-ring (bicyclic) bond motifs is 7. The molecule has 36 heavy (non-hydrogen) atoms. The maximum atomic E-state index is 5.15. The molecular formula is C30H18BN3S2. The third-order valence-corrected chi connectivity index (χ3v) is 9.34. The molecule has 4 heterocycles. The molecule has 0 aliphatic carbocycles. The molecule has 0 atom stereocenters. The second kappa shape index (κ2) is 7.75. The van der Waals surface area contributed by atoms with E-state index in [0.29, 0.717) is 0 Å². The minimum Gasteiger partial charge on any atom is -0.294 e. The predicted molar refractivity (Wildman–Crippen MR) is 156 cm³/mol. The van der Waals surface area contributed by atoms with E-state index in [1.807, 2.05) is 41.0 Å². The number of rotatable bonds is 2. The van der Waals surface area contributed by atoms with Crippen molar-refractivity contribution in [2.75, 3.05) is 4.90 Å². The number of aromatic nitrogens is 2. The first-order chi connectivity index (χ1) is 17.9. The molecule has 8 rings (SSSR count). The molecular weight excluding hydrogens is 477 g/mol. The summed E-state index contributed by atoms with van der Waals surface area (Å²) in [6, 6.07) is 36.5. The summed E-state index contributed by atoms with van der Waals surface area (Å²) < 4.78 is 2.57. The molecule has 168 valence electrons. The van der Waals surface area contributed by atoms with Crippen LogP contribution in [0.15, 0.2) is 109 Å². The topological polar surface area (TPSA) is 29.0 Å². The van der Waals surface area contributed by atoms with E-state index in [0.717, 1.165) is 16.6 Å². The van der Waals surface area contributed by atoms with Crippen LogP contribution >= 0.6 is 22.7 Å². The van der Waals surface area contributed by atoms with Crippen LogP contribution in [-0.2, 0) is 0 Å². The Morgan fingerprint density at radius 3 is 1.89 bits per heavy atom. The highest BCUT2D eigenvalue weighted by Gasteiger charge is 2.42. The van der Waals surface area contributed by atoms with Gasteiger partial charge in [-0.1, -0.05) is 72.8 Å². The molecule has 3 aromatic heterocycles. The average Bonchev–Trinajstić information content (AvgIpc) is 3.51. The molecule has 1 aliphatic rings. The lowest BCUT2D eigenvalue weighted by Crippen LogP contribution is -2.58. The van der Waals surface area contributed by atoms with E-state index >= 15 is 0 Å². The highest BCUT2D eigenvalue weighted by molar-refractivity contribution is 7.30. The SMILES string of the molecule is c1ccc(N2c3sc4ccccc4c3B(c3ncc4ccccc4n3)c3c2sc2ccccc32)cc1. The minimum atomic E-state index is -0.0492. The number of hydrogen-bond acceptors (Lipinski definition) is 5. The summed E-state index contributed by atoms with van der Waals surface area (Å²) >= 11 is 3.71. The molecule has 0 N–H and O–H groups in total. The van der Waals surface area contributed by atoms with Gasteiger partial charge in [0.05, 0.1) is 21.2 Å². The molecule has 0 radical (unpaired) electrons. The van der Waals surface area contributed by atoms with E-state index < -0.39 is 0 Å². The lowest BCUT2D eigenvalue weighted by Gasteiger charge is -2.32. The molecule has 1 aliphatic heterocycles. The summed E-state index contributed by atoms with van der Waals surface area (Å²) in [6.07, 6.45) is 1.98. The Bertz CT molecular complexity index is 1840. The predicted octanol–water partition coefficient (Wildman–Crippen LogP) is 6.36.